The minimum atomic E-state index is -1.09. The molecule has 0 aromatic carbocycles. The van der Waals surface area contributed by atoms with Crippen LogP contribution < -0.4 is 5.32 Å². The van der Waals surface area contributed by atoms with E-state index in [1.807, 2.05) is 14.0 Å². The minimum Gasteiger partial charge on any atom is -0.383 e. The highest BCUT2D eigenvalue weighted by Crippen LogP contribution is 2.30. The molecule has 1 aromatic rings. The van der Waals surface area contributed by atoms with Crippen molar-refractivity contribution in [1.29, 1.82) is 0 Å². The van der Waals surface area contributed by atoms with Gasteiger partial charge in [0.1, 0.15) is 5.60 Å². The Morgan fingerprint density at radius 3 is 2.81 bits per heavy atom. The molecule has 1 aliphatic rings. The smallest absolute Gasteiger partial charge is 0.222 e. The maximum Gasteiger partial charge on any atom is 0.222 e. The monoisotopic (exact) mass is 293 g/mol. The quantitative estimate of drug-likeness (QED) is 0.842. The summed E-state index contributed by atoms with van der Waals surface area (Å²) in [5.41, 5.74) is -0.370. The van der Waals surface area contributed by atoms with Crippen molar-refractivity contribution in [2.45, 2.75) is 51.6 Å². The number of hydrogen-bond donors (Lipinski definition) is 2. The van der Waals surface area contributed by atoms with E-state index in [0.29, 0.717) is 11.5 Å². The third kappa shape index (κ3) is 4.30. The lowest BCUT2D eigenvalue weighted by atomic mass is 9.93. The van der Waals surface area contributed by atoms with Gasteiger partial charge in [-0.15, -0.1) is 0 Å². The van der Waals surface area contributed by atoms with Crippen LogP contribution in [0.3, 0.4) is 0 Å². The second-order valence-corrected chi connectivity index (χ2v) is 6.68. The van der Waals surface area contributed by atoms with E-state index in [1.165, 1.54) is 25.7 Å². The number of aryl methyl sites for hydroxylation is 1. The molecule has 0 radical (unpaired) electrons. The molecule has 1 amide bonds. The average molecular weight is 293 g/mol. The third-order valence-corrected chi connectivity index (χ3v) is 4.54. The zero-order valence-corrected chi connectivity index (χ0v) is 13.3. The van der Waals surface area contributed by atoms with Crippen LogP contribution in [0.25, 0.3) is 0 Å². The number of amides is 1. The fourth-order valence-corrected chi connectivity index (χ4v) is 3.09. The number of rotatable bonds is 6. The molecule has 1 fully saturated rings. The molecule has 1 heterocycles. The van der Waals surface area contributed by atoms with Crippen LogP contribution in [0.15, 0.2) is 12.4 Å². The maximum absolute atomic E-state index is 12.2. The standard InChI is InChI=1S/C16H27N3O2/c1-12(8-13-6-4-5-7-13)15(20)17-11-16(2,21)14-9-18-19(3)10-14/h9-10,12-13,21H,4-8,11H2,1-3H3,(H,17,20). The van der Waals surface area contributed by atoms with Gasteiger partial charge in [-0.1, -0.05) is 32.6 Å². The van der Waals surface area contributed by atoms with E-state index in [2.05, 4.69) is 10.4 Å². The highest BCUT2D eigenvalue weighted by Gasteiger charge is 2.27. The fourth-order valence-electron chi connectivity index (χ4n) is 3.09. The van der Waals surface area contributed by atoms with Gasteiger partial charge in [-0.25, -0.2) is 0 Å². The number of nitrogens with zero attached hydrogens (tertiary/aromatic N) is 2. The number of carbonyl (C=O) groups is 1. The molecule has 2 N–H and O–H groups in total. The SMILES string of the molecule is CC(CC1CCCC1)C(=O)NCC(C)(O)c1cnn(C)c1. The molecule has 2 rings (SSSR count). The van der Waals surface area contributed by atoms with Crippen LogP contribution in [-0.4, -0.2) is 27.3 Å². The second kappa shape index (κ2) is 6.60. The maximum atomic E-state index is 12.2. The van der Waals surface area contributed by atoms with Crippen LogP contribution in [0, 0.1) is 11.8 Å². The summed E-state index contributed by atoms with van der Waals surface area (Å²) in [5, 5.41) is 17.4. The highest BCUT2D eigenvalue weighted by atomic mass is 16.3. The first-order valence-corrected chi connectivity index (χ1v) is 7.87. The molecule has 0 aliphatic heterocycles. The van der Waals surface area contributed by atoms with Gasteiger partial charge >= 0.3 is 0 Å². The summed E-state index contributed by atoms with van der Waals surface area (Å²) in [6, 6.07) is 0. The van der Waals surface area contributed by atoms with Gasteiger partial charge in [0.15, 0.2) is 0 Å². The van der Waals surface area contributed by atoms with Gasteiger partial charge < -0.3 is 10.4 Å². The number of carbonyl (C=O) groups excluding carboxylic acids is 1. The molecule has 1 aromatic heterocycles. The minimum absolute atomic E-state index is 0.0119. The predicted molar refractivity (Wildman–Crippen MR) is 81.5 cm³/mol. The summed E-state index contributed by atoms with van der Waals surface area (Å²) in [6.45, 7) is 3.89. The predicted octanol–water partition coefficient (Wildman–Crippen LogP) is 1.96. The van der Waals surface area contributed by atoms with E-state index in [1.54, 1.807) is 24.0 Å². The van der Waals surface area contributed by atoms with E-state index in [9.17, 15) is 9.90 Å². The van der Waals surface area contributed by atoms with Gasteiger partial charge in [0.25, 0.3) is 0 Å². The highest BCUT2D eigenvalue weighted by molar-refractivity contribution is 5.78. The van der Waals surface area contributed by atoms with Gasteiger partial charge in [0, 0.05) is 24.7 Å². The first kappa shape index (κ1) is 16.0. The molecule has 0 saturated heterocycles. The van der Waals surface area contributed by atoms with Crippen LogP contribution >= 0.6 is 0 Å². The first-order valence-electron chi connectivity index (χ1n) is 7.87. The lowest BCUT2D eigenvalue weighted by molar-refractivity contribution is -0.126. The molecule has 118 valence electrons. The Balaban J connectivity index is 1.82. The van der Waals surface area contributed by atoms with Crippen molar-refractivity contribution in [3.63, 3.8) is 0 Å². The van der Waals surface area contributed by atoms with Crippen molar-refractivity contribution in [3.8, 4) is 0 Å². The average Bonchev–Trinajstić information content (AvgIpc) is 3.07. The summed E-state index contributed by atoms with van der Waals surface area (Å²) >= 11 is 0. The fraction of sp³-hybridized carbons (Fsp3) is 0.750. The van der Waals surface area contributed by atoms with Gasteiger partial charge in [0.2, 0.25) is 5.91 Å². The summed E-state index contributed by atoms with van der Waals surface area (Å²) in [7, 11) is 1.81. The second-order valence-electron chi connectivity index (χ2n) is 6.68. The lowest BCUT2D eigenvalue weighted by Gasteiger charge is -2.24. The molecule has 1 saturated carbocycles. The zero-order chi connectivity index (χ0) is 15.5. The largest absolute Gasteiger partial charge is 0.383 e. The molecule has 5 nitrogen and oxygen atoms in total. The zero-order valence-electron chi connectivity index (χ0n) is 13.3. The molecule has 5 heteroatoms. The van der Waals surface area contributed by atoms with E-state index >= 15 is 0 Å². The molecular formula is C16H27N3O2. The Morgan fingerprint density at radius 1 is 1.57 bits per heavy atom. The first-order chi connectivity index (χ1) is 9.88. The summed E-state index contributed by atoms with van der Waals surface area (Å²) in [6.07, 6.45) is 9.47. The Bertz CT molecular complexity index is 476. The van der Waals surface area contributed by atoms with Gasteiger partial charge in [-0.3, -0.25) is 9.48 Å². The van der Waals surface area contributed by atoms with Crippen molar-refractivity contribution in [1.82, 2.24) is 15.1 Å². The van der Waals surface area contributed by atoms with Crippen molar-refractivity contribution >= 4 is 5.91 Å². The van der Waals surface area contributed by atoms with Gasteiger partial charge in [0.05, 0.1) is 12.7 Å². The van der Waals surface area contributed by atoms with Gasteiger partial charge in [-0.2, -0.15) is 5.10 Å². The molecule has 0 spiro atoms. The topological polar surface area (TPSA) is 67.2 Å². The molecule has 2 unspecified atom stereocenters. The Hall–Kier alpha value is -1.36. The normalized spacial score (nSPS) is 20.2. The van der Waals surface area contributed by atoms with E-state index in [-0.39, 0.29) is 18.4 Å². The van der Waals surface area contributed by atoms with Crippen LogP contribution in [0.5, 0.6) is 0 Å². The van der Waals surface area contributed by atoms with Crippen molar-refractivity contribution in [3.05, 3.63) is 18.0 Å². The molecule has 1 aliphatic carbocycles. The summed E-state index contributed by atoms with van der Waals surface area (Å²) in [5.74, 6) is 0.744. The molecular weight excluding hydrogens is 266 g/mol. The number of aromatic nitrogens is 2. The molecule has 0 bridgehead atoms. The lowest BCUT2D eigenvalue weighted by Crippen LogP contribution is -2.40. The Labute approximate surface area is 126 Å². The third-order valence-electron chi connectivity index (χ3n) is 4.54. The number of hydrogen-bond acceptors (Lipinski definition) is 3. The van der Waals surface area contributed by atoms with Crippen LogP contribution in [-0.2, 0) is 17.4 Å². The van der Waals surface area contributed by atoms with Crippen LogP contribution in [0.2, 0.25) is 0 Å². The number of aliphatic hydroxyl groups is 1. The summed E-state index contributed by atoms with van der Waals surface area (Å²) < 4.78 is 1.65. The number of nitrogens with one attached hydrogen (secondary N) is 1. The van der Waals surface area contributed by atoms with E-state index in [4.69, 9.17) is 0 Å². The van der Waals surface area contributed by atoms with E-state index < -0.39 is 5.60 Å². The van der Waals surface area contributed by atoms with Gasteiger partial charge in [-0.05, 0) is 19.3 Å². The Kier molecular flexibility index (Phi) is 5.04. The van der Waals surface area contributed by atoms with E-state index in [0.717, 1.165) is 6.42 Å². The molecule has 2 atom stereocenters. The van der Waals surface area contributed by atoms with Crippen molar-refractivity contribution in [2.24, 2.45) is 18.9 Å². The molecule has 21 heavy (non-hydrogen) atoms. The van der Waals surface area contributed by atoms with Crippen molar-refractivity contribution < 1.29 is 9.90 Å². The van der Waals surface area contributed by atoms with Crippen LogP contribution in [0.4, 0.5) is 0 Å². The van der Waals surface area contributed by atoms with Crippen molar-refractivity contribution in [2.75, 3.05) is 6.54 Å². The Morgan fingerprint density at radius 2 is 2.24 bits per heavy atom. The van der Waals surface area contributed by atoms with Crippen LogP contribution in [0.1, 0.15) is 51.5 Å². The summed E-state index contributed by atoms with van der Waals surface area (Å²) in [4.78, 5) is 12.2.